The molecule has 3 unspecified atom stereocenters. The number of likely N-dealkylation sites (tertiary alicyclic amines) is 1. The summed E-state index contributed by atoms with van der Waals surface area (Å²) in [6.45, 7) is 1.80. The van der Waals surface area contributed by atoms with Crippen molar-refractivity contribution in [1.29, 1.82) is 0 Å². The van der Waals surface area contributed by atoms with Gasteiger partial charge >= 0.3 is 12.0 Å². The Morgan fingerprint density at radius 1 is 1.10 bits per heavy atom. The second kappa shape index (κ2) is 5.60. The van der Waals surface area contributed by atoms with E-state index in [1.807, 2.05) is 4.90 Å². The Morgan fingerprint density at radius 2 is 1.90 bits per heavy atom. The monoisotopic (exact) mass is 282 g/mol. The molecule has 0 aromatic carbocycles. The highest BCUT2D eigenvalue weighted by atomic mass is 16.5. The topological polar surface area (TPSA) is 70.1 Å². The summed E-state index contributed by atoms with van der Waals surface area (Å²) < 4.78 is 5.18. The quantitative estimate of drug-likeness (QED) is 0.783. The van der Waals surface area contributed by atoms with Crippen LogP contribution in [0.3, 0.4) is 0 Å². The van der Waals surface area contributed by atoms with Crippen LogP contribution in [-0.4, -0.2) is 65.3 Å². The van der Waals surface area contributed by atoms with Gasteiger partial charge < -0.3 is 19.6 Å². The van der Waals surface area contributed by atoms with E-state index in [1.54, 1.807) is 4.90 Å². The Kier molecular flexibility index (Phi) is 3.83. The summed E-state index contributed by atoms with van der Waals surface area (Å²) in [5, 5.41) is 9.01. The minimum absolute atomic E-state index is 0.00829. The van der Waals surface area contributed by atoms with Crippen LogP contribution in [0.15, 0.2) is 0 Å². The molecule has 0 bridgehead atoms. The van der Waals surface area contributed by atoms with Crippen molar-refractivity contribution in [1.82, 2.24) is 9.80 Å². The fraction of sp³-hybridized carbons (Fsp3) is 0.857. The fourth-order valence-corrected chi connectivity index (χ4v) is 3.80. The lowest BCUT2D eigenvalue weighted by Crippen LogP contribution is -2.54. The number of hydrogen-bond acceptors (Lipinski definition) is 3. The van der Waals surface area contributed by atoms with Crippen molar-refractivity contribution in [2.45, 2.75) is 44.2 Å². The number of rotatable bonds is 1. The van der Waals surface area contributed by atoms with Gasteiger partial charge in [0, 0.05) is 19.1 Å². The Morgan fingerprint density at radius 3 is 2.70 bits per heavy atom. The predicted octanol–water partition coefficient (Wildman–Crippen LogP) is 1.16. The largest absolute Gasteiger partial charge is 0.479 e. The van der Waals surface area contributed by atoms with E-state index < -0.39 is 12.1 Å². The van der Waals surface area contributed by atoms with Crippen LogP contribution in [0.1, 0.15) is 32.1 Å². The number of hydrogen-bond donors (Lipinski definition) is 1. The number of carbonyl (C=O) groups excluding carboxylic acids is 1. The zero-order valence-corrected chi connectivity index (χ0v) is 11.7. The van der Waals surface area contributed by atoms with Crippen LogP contribution in [0.4, 0.5) is 4.79 Å². The highest BCUT2D eigenvalue weighted by Gasteiger charge is 2.41. The second-order valence-corrected chi connectivity index (χ2v) is 6.02. The van der Waals surface area contributed by atoms with E-state index in [9.17, 15) is 9.59 Å². The van der Waals surface area contributed by atoms with E-state index >= 15 is 0 Å². The summed E-state index contributed by atoms with van der Waals surface area (Å²) in [6, 6.07) is 0.385. The van der Waals surface area contributed by atoms with Crippen LogP contribution in [0.5, 0.6) is 0 Å². The first kappa shape index (κ1) is 13.7. The van der Waals surface area contributed by atoms with Gasteiger partial charge in [0.05, 0.1) is 13.2 Å². The standard InChI is InChI=1S/C14H22N2O4/c17-13(18)12-9-15(7-8-20-12)14(19)16-6-5-10-3-1-2-4-11(10)16/h10-12H,1-9H2,(H,17,18). The molecular weight excluding hydrogens is 260 g/mol. The summed E-state index contributed by atoms with van der Waals surface area (Å²) >= 11 is 0. The van der Waals surface area contributed by atoms with Crippen LogP contribution in [0, 0.1) is 5.92 Å². The molecule has 2 saturated heterocycles. The molecule has 0 spiro atoms. The molecule has 112 valence electrons. The molecule has 3 fully saturated rings. The van der Waals surface area contributed by atoms with E-state index in [2.05, 4.69) is 0 Å². The lowest BCUT2D eigenvalue weighted by Gasteiger charge is -2.37. The molecule has 6 heteroatoms. The number of amides is 2. The Hall–Kier alpha value is -1.30. The summed E-state index contributed by atoms with van der Waals surface area (Å²) in [7, 11) is 0. The summed E-state index contributed by atoms with van der Waals surface area (Å²) in [5.74, 6) is -0.330. The average molecular weight is 282 g/mol. The van der Waals surface area contributed by atoms with Gasteiger partial charge in [0.25, 0.3) is 0 Å². The SMILES string of the molecule is O=C(O)C1CN(C(=O)N2CCC3CCCCC32)CCO1. The third kappa shape index (κ3) is 2.49. The van der Waals surface area contributed by atoms with E-state index in [-0.39, 0.29) is 12.6 Å². The van der Waals surface area contributed by atoms with Crippen LogP contribution >= 0.6 is 0 Å². The highest BCUT2D eigenvalue weighted by Crippen LogP contribution is 2.36. The molecule has 0 aromatic rings. The number of aliphatic carboxylic acids is 1. The summed E-state index contributed by atoms with van der Waals surface area (Å²) in [5.41, 5.74) is 0. The first-order valence-electron chi connectivity index (χ1n) is 7.57. The number of nitrogens with zero attached hydrogens (tertiary/aromatic N) is 2. The van der Waals surface area contributed by atoms with Crippen molar-refractivity contribution in [3.63, 3.8) is 0 Å². The van der Waals surface area contributed by atoms with E-state index in [0.717, 1.165) is 19.4 Å². The molecule has 0 aromatic heterocycles. The molecule has 1 N–H and O–H groups in total. The molecule has 3 rings (SSSR count). The molecule has 2 heterocycles. The minimum atomic E-state index is -0.987. The third-order valence-electron chi connectivity index (χ3n) is 4.87. The number of carboxylic acid groups (broad SMARTS) is 1. The number of ether oxygens (including phenoxy) is 1. The lowest BCUT2D eigenvalue weighted by atomic mass is 9.85. The molecule has 0 radical (unpaired) electrons. The first-order chi connectivity index (χ1) is 9.66. The third-order valence-corrected chi connectivity index (χ3v) is 4.87. The Bertz CT molecular complexity index is 401. The molecule has 2 aliphatic heterocycles. The van der Waals surface area contributed by atoms with Gasteiger partial charge in [0.2, 0.25) is 0 Å². The molecule has 20 heavy (non-hydrogen) atoms. The molecule has 3 atom stereocenters. The van der Waals surface area contributed by atoms with Crippen LogP contribution in [0.2, 0.25) is 0 Å². The fourth-order valence-electron chi connectivity index (χ4n) is 3.80. The molecule has 2 amide bonds. The number of carbonyl (C=O) groups is 2. The number of fused-ring (bicyclic) bond motifs is 1. The van der Waals surface area contributed by atoms with Crippen LogP contribution < -0.4 is 0 Å². The molecule has 3 aliphatic rings. The second-order valence-electron chi connectivity index (χ2n) is 6.02. The maximum absolute atomic E-state index is 12.6. The van der Waals surface area contributed by atoms with Crippen molar-refractivity contribution in [2.75, 3.05) is 26.2 Å². The average Bonchev–Trinajstić information content (AvgIpc) is 2.90. The van der Waals surface area contributed by atoms with Crippen LogP contribution in [-0.2, 0) is 9.53 Å². The van der Waals surface area contributed by atoms with Crippen molar-refractivity contribution >= 4 is 12.0 Å². The van der Waals surface area contributed by atoms with Crippen molar-refractivity contribution in [2.24, 2.45) is 5.92 Å². The van der Waals surface area contributed by atoms with E-state index in [1.165, 1.54) is 19.3 Å². The van der Waals surface area contributed by atoms with Gasteiger partial charge in [-0.25, -0.2) is 9.59 Å². The van der Waals surface area contributed by atoms with Crippen molar-refractivity contribution in [3.8, 4) is 0 Å². The van der Waals surface area contributed by atoms with Gasteiger partial charge in [0.1, 0.15) is 0 Å². The number of morpholine rings is 1. The zero-order valence-electron chi connectivity index (χ0n) is 11.7. The maximum Gasteiger partial charge on any atom is 0.334 e. The van der Waals surface area contributed by atoms with Gasteiger partial charge in [-0.3, -0.25) is 0 Å². The lowest BCUT2D eigenvalue weighted by molar-refractivity contribution is -0.154. The Balaban J connectivity index is 1.64. The zero-order chi connectivity index (χ0) is 14.1. The normalized spacial score (nSPS) is 33.9. The summed E-state index contributed by atoms with van der Waals surface area (Å²) in [6.07, 6.45) is 5.03. The molecular formula is C14H22N2O4. The van der Waals surface area contributed by atoms with Gasteiger partial charge in [-0.1, -0.05) is 12.8 Å². The maximum atomic E-state index is 12.6. The minimum Gasteiger partial charge on any atom is -0.479 e. The van der Waals surface area contributed by atoms with Crippen molar-refractivity contribution in [3.05, 3.63) is 0 Å². The van der Waals surface area contributed by atoms with Gasteiger partial charge in [-0.15, -0.1) is 0 Å². The smallest absolute Gasteiger partial charge is 0.334 e. The first-order valence-corrected chi connectivity index (χ1v) is 7.57. The Labute approximate surface area is 118 Å². The number of carboxylic acids is 1. The van der Waals surface area contributed by atoms with E-state index in [4.69, 9.17) is 9.84 Å². The predicted molar refractivity (Wildman–Crippen MR) is 71.4 cm³/mol. The highest BCUT2D eigenvalue weighted by molar-refractivity contribution is 5.78. The van der Waals surface area contributed by atoms with E-state index in [0.29, 0.717) is 25.1 Å². The molecule has 6 nitrogen and oxygen atoms in total. The molecule has 1 saturated carbocycles. The summed E-state index contributed by atoms with van der Waals surface area (Å²) in [4.78, 5) is 27.3. The van der Waals surface area contributed by atoms with Crippen LogP contribution in [0.25, 0.3) is 0 Å². The van der Waals surface area contributed by atoms with Gasteiger partial charge in [-0.2, -0.15) is 0 Å². The van der Waals surface area contributed by atoms with Gasteiger partial charge in [0.15, 0.2) is 6.10 Å². The number of urea groups is 1. The molecule has 1 aliphatic carbocycles. The van der Waals surface area contributed by atoms with Crippen molar-refractivity contribution < 1.29 is 19.4 Å². The van der Waals surface area contributed by atoms with Gasteiger partial charge in [-0.05, 0) is 25.2 Å².